The van der Waals surface area contributed by atoms with Crippen molar-refractivity contribution in [3.8, 4) is 67.5 Å². The number of fused-ring (bicyclic) bond motifs is 18. The van der Waals surface area contributed by atoms with E-state index in [9.17, 15) is 0 Å². The fourth-order valence-corrected chi connectivity index (χ4v) is 12.8. The van der Waals surface area contributed by atoms with Gasteiger partial charge in [0.25, 0.3) is 0 Å². The lowest BCUT2D eigenvalue weighted by Crippen LogP contribution is -2.32. The maximum atomic E-state index is 6.71. The van der Waals surface area contributed by atoms with Gasteiger partial charge in [0.05, 0.1) is 16.5 Å². The number of rotatable bonds is 5. The molecule has 332 valence electrons. The number of ether oxygens (including phenoxy) is 2. The molecule has 0 unspecified atom stereocenters. The van der Waals surface area contributed by atoms with Crippen molar-refractivity contribution in [1.82, 2.24) is 0 Å². The summed E-state index contributed by atoms with van der Waals surface area (Å²) < 4.78 is 13.4. The lowest BCUT2D eigenvalue weighted by Gasteiger charge is -2.39. The van der Waals surface area contributed by atoms with Gasteiger partial charge in [0.15, 0.2) is 0 Å². The lowest BCUT2D eigenvalue weighted by molar-refractivity contribution is 0.436. The summed E-state index contributed by atoms with van der Waals surface area (Å²) in [6.45, 7) is 0. The molecule has 0 N–H and O–H groups in total. The van der Waals surface area contributed by atoms with Gasteiger partial charge in [0.2, 0.25) is 0 Å². The fourth-order valence-electron chi connectivity index (χ4n) is 12.8. The van der Waals surface area contributed by atoms with E-state index in [4.69, 9.17) is 9.47 Å². The van der Waals surface area contributed by atoms with E-state index < -0.39 is 10.8 Å². The Balaban J connectivity index is 0.953. The Kier molecular flexibility index (Phi) is 8.49. The number of anilines is 3. The number of nitrogens with zero attached hydrogens (tertiary/aromatic N) is 1. The summed E-state index contributed by atoms with van der Waals surface area (Å²) in [7, 11) is 0. The highest BCUT2D eigenvalue weighted by molar-refractivity contribution is 5.99. The standard InChI is InChI=1S/C68H43NO2/c1-2-18-44(19-3-1)45-36-39-48(40-37-45)69(61-31-17-30-59-66(61)52-23-5-7-25-54(52)67(59)55-26-8-12-32-62(55)70-63-33-13-9-27-56(63)67)49-21-16-20-46(42-49)47-38-41-51-50-22-4-6-24-53(50)68(60(51)43-47)57-28-10-14-34-64(57)71-65-35-15-11-29-58(65)68/h1-43H. The highest BCUT2D eigenvalue weighted by Crippen LogP contribution is 2.65. The number of benzene rings is 11. The SMILES string of the molecule is c1ccc(-c2ccc(N(c3cccc(-c4ccc5c(c4)C4(c6ccccc6Oc6ccccc64)c4ccccc4-5)c3)c3cccc4c3-c3ccccc3C43c4ccccc4Oc4ccccc43)cc2)cc1. The minimum absolute atomic E-state index is 0.563. The normalized spacial score (nSPS) is 14.1. The molecular formula is C68H43NO2. The van der Waals surface area contributed by atoms with E-state index in [1.165, 1.54) is 55.6 Å². The highest BCUT2D eigenvalue weighted by atomic mass is 16.5. The van der Waals surface area contributed by atoms with Crippen LogP contribution in [0.25, 0.3) is 44.5 Å². The van der Waals surface area contributed by atoms with Crippen molar-refractivity contribution in [2.24, 2.45) is 0 Å². The molecule has 0 fully saturated rings. The van der Waals surface area contributed by atoms with Crippen molar-refractivity contribution in [1.29, 1.82) is 0 Å². The quantitative estimate of drug-likeness (QED) is 0.172. The zero-order chi connectivity index (χ0) is 46.7. The zero-order valence-electron chi connectivity index (χ0n) is 38.6. The van der Waals surface area contributed by atoms with E-state index in [1.54, 1.807) is 0 Å². The van der Waals surface area contributed by atoms with Gasteiger partial charge in [-0.3, -0.25) is 0 Å². The van der Waals surface area contributed by atoms with Gasteiger partial charge in [-0.2, -0.15) is 0 Å². The summed E-state index contributed by atoms with van der Waals surface area (Å²) in [5, 5.41) is 0. The van der Waals surface area contributed by atoms with Crippen molar-refractivity contribution in [2.75, 3.05) is 4.90 Å². The van der Waals surface area contributed by atoms with Gasteiger partial charge < -0.3 is 14.4 Å². The predicted molar refractivity (Wildman–Crippen MR) is 287 cm³/mol. The van der Waals surface area contributed by atoms with Gasteiger partial charge in [-0.05, 0) is 122 Å². The summed E-state index contributed by atoms with van der Waals surface area (Å²) in [6.07, 6.45) is 0. The van der Waals surface area contributed by atoms with Gasteiger partial charge in [0, 0.05) is 39.2 Å². The van der Waals surface area contributed by atoms with Crippen molar-refractivity contribution < 1.29 is 9.47 Å². The predicted octanol–water partition coefficient (Wildman–Crippen LogP) is 17.4. The fraction of sp³-hybridized carbons (Fsp3) is 0.0294. The second kappa shape index (κ2) is 15.2. The number of hydrogen-bond donors (Lipinski definition) is 0. The van der Waals surface area contributed by atoms with Crippen LogP contribution in [-0.4, -0.2) is 0 Å². The van der Waals surface area contributed by atoms with E-state index in [2.05, 4.69) is 266 Å². The van der Waals surface area contributed by atoms with Gasteiger partial charge >= 0.3 is 0 Å². The van der Waals surface area contributed by atoms with Crippen molar-refractivity contribution in [3.63, 3.8) is 0 Å². The molecule has 0 amide bonds. The topological polar surface area (TPSA) is 21.7 Å². The molecule has 2 aliphatic heterocycles. The first kappa shape index (κ1) is 39.8. The summed E-state index contributed by atoms with van der Waals surface area (Å²) in [5.41, 5.74) is 21.3. The molecule has 11 aromatic carbocycles. The minimum Gasteiger partial charge on any atom is -0.457 e. The molecule has 0 aromatic heterocycles. The van der Waals surface area contributed by atoms with Gasteiger partial charge in [0.1, 0.15) is 23.0 Å². The molecule has 0 bridgehead atoms. The number of para-hydroxylation sites is 4. The monoisotopic (exact) mass is 905 g/mol. The molecule has 0 radical (unpaired) electrons. The molecule has 2 aliphatic carbocycles. The first-order valence-corrected chi connectivity index (χ1v) is 24.5. The molecule has 3 heteroatoms. The van der Waals surface area contributed by atoms with Gasteiger partial charge in [-0.25, -0.2) is 0 Å². The van der Waals surface area contributed by atoms with Crippen molar-refractivity contribution >= 4 is 17.1 Å². The summed E-state index contributed by atoms with van der Waals surface area (Å²) in [4.78, 5) is 2.47. The summed E-state index contributed by atoms with van der Waals surface area (Å²) in [5.74, 6) is 3.54. The van der Waals surface area contributed by atoms with Crippen LogP contribution in [0.3, 0.4) is 0 Å². The van der Waals surface area contributed by atoms with Crippen molar-refractivity contribution in [3.05, 3.63) is 305 Å². The Bertz CT molecular complexity index is 3870. The molecule has 0 saturated carbocycles. The Morgan fingerprint density at radius 1 is 0.254 bits per heavy atom. The Morgan fingerprint density at radius 3 is 1.30 bits per heavy atom. The third kappa shape index (κ3) is 5.49. The first-order valence-electron chi connectivity index (χ1n) is 24.5. The molecule has 2 spiro atoms. The van der Waals surface area contributed by atoms with Crippen LogP contribution in [-0.2, 0) is 10.8 Å². The minimum atomic E-state index is -0.600. The van der Waals surface area contributed by atoms with Crippen LogP contribution >= 0.6 is 0 Å². The average Bonchev–Trinajstić information content (AvgIpc) is 3.90. The molecule has 71 heavy (non-hydrogen) atoms. The largest absolute Gasteiger partial charge is 0.457 e. The van der Waals surface area contributed by atoms with Crippen LogP contribution in [0.15, 0.2) is 261 Å². The van der Waals surface area contributed by atoms with E-state index >= 15 is 0 Å². The first-order chi connectivity index (χ1) is 35.2. The second-order valence-corrected chi connectivity index (χ2v) is 19.0. The third-order valence-corrected chi connectivity index (χ3v) is 15.6. The van der Waals surface area contributed by atoms with Crippen LogP contribution in [0.1, 0.15) is 44.5 Å². The lowest BCUT2D eigenvalue weighted by atomic mass is 9.66. The molecular weight excluding hydrogens is 863 g/mol. The van der Waals surface area contributed by atoms with E-state index in [0.29, 0.717) is 0 Å². The van der Waals surface area contributed by atoms with Crippen LogP contribution in [0, 0.1) is 0 Å². The molecule has 11 aromatic rings. The van der Waals surface area contributed by atoms with Crippen LogP contribution < -0.4 is 14.4 Å². The molecule has 15 rings (SSSR count). The molecule has 4 aliphatic rings. The van der Waals surface area contributed by atoms with Crippen LogP contribution in [0.5, 0.6) is 23.0 Å². The smallest absolute Gasteiger partial charge is 0.132 e. The van der Waals surface area contributed by atoms with Crippen molar-refractivity contribution in [2.45, 2.75) is 10.8 Å². The Morgan fingerprint density at radius 2 is 0.676 bits per heavy atom. The summed E-state index contributed by atoms with van der Waals surface area (Å²) >= 11 is 0. The maximum Gasteiger partial charge on any atom is 0.132 e. The molecule has 2 heterocycles. The van der Waals surface area contributed by atoms with Gasteiger partial charge in [-0.15, -0.1) is 0 Å². The highest BCUT2D eigenvalue weighted by Gasteiger charge is 2.53. The van der Waals surface area contributed by atoms with E-state index in [-0.39, 0.29) is 0 Å². The van der Waals surface area contributed by atoms with E-state index in [1.807, 2.05) is 0 Å². The molecule has 0 atom stereocenters. The van der Waals surface area contributed by atoms with E-state index in [0.717, 1.165) is 73.4 Å². The second-order valence-electron chi connectivity index (χ2n) is 19.0. The average molecular weight is 906 g/mol. The van der Waals surface area contributed by atoms with Crippen LogP contribution in [0.4, 0.5) is 17.1 Å². The van der Waals surface area contributed by atoms with Crippen LogP contribution in [0.2, 0.25) is 0 Å². The van der Waals surface area contributed by atoms with Gasteiger partial charge in [-0.1, -0.05) is 200 Å². The molecule has 3 nitrogen and oxygen atoms in total. The maximum absolute atomic E-state index is 6.71. The third-order valence-electron chi connectivity index (χ3n) is 15.6. The zero-order valence-corrected chi connectivity index (χ0v) is 38.6. The summed E-state index contributed by atoms with van der Waals surface area (Å²) in [6, 6.07) is 95.1. The molecule has 0 saturated heterocycles. The number of hydrogen-bond acceptors (Lipinski definition) is 3. The Hall–Kier alpha value is -9.18. The Labute approximate surface area is 413 Å².